The molecule has 4 nitrogen and oxygen atoms in total. The lowest BCUT2D eigenvalue weighted by Gasteiger charge is -2.19. The molecule has 0 unspecified atom stereocenters. The van der Waals surface area contributed by atoms with E-state index in [1.54, 1.807) is 4.57 Å². The third-order valence-corrected chi connectivity index (χ3v) is 3.03. The Morgan fingerprint density at radius 3 is 3.14 bits per heavy atom. The molecule has 0 aromatic carbocycles. The van der Waals surface area contributed by atoms with Crippen LogP contribution in [0.4, 0.5) is 5.95 Å². The van der Waals surface area contributed by atoms with Gasteiger partial charge in [-0.2, -0.15) is 0 Å². The van der Waals surface area contributed by atoms with Crippen molar-refractivity contribution in [3.63, 3.8) is 0 Å². The van der Waals surface area contributed by atoms with Gasteiger partial charge in [-0.15, -0.1) is 0 Å². The molecular weight excluding hydrogens is 178 g/mol. The fourth-order valence-electron chi connectivity index (χ4n) is 2.31. The molecule has 1 N–H and O–H groups in total. The number of rotatable bonds is 0. The summed E-state index contributed by atoms with van der Waals surface area (Å²) >= 11 is 0. The minimum Gasteiger partial charge on any atom is -0.355 e. The Morgan fingerprint density at radius 2 is 2.21 bits per heavy atom. The molecule has 1 aliphatic carbocycles. The summed E-state index contributed by atoms with van der Waals surface area (Å²) in [6, 6.07) is 0. The molecule has 1 aromatic rings. The SMILES string of the molecule is O=c1c2c(nc3n1CCCN3)CCC2. The van der Waals surface area contributed by atoms with Crippen molar-refractivity contribution in [3.8, 4) is 0 Å². The molecule has 0 saturated heterocycles. The first kappa shape index (κ1) is 8.03. The first-order chi connectivity index (χ1) is 6.86. The van der Waals surface area contributed by atoms with E-state index in [1.165, 1.54) is 0 Å². The monoisotopic (exact) mass is 191 g/mol. The van der Waals surface area contributed by atoms with Gasteiger partial charge in [0.2, 0.25) is 5.95 Å². The van der Waals surface area contributed by atoms with E-state index < -0.39 is 0 Å². The van der Waals surface area contributed by atoms with E-state index in [2.05, 4.69) is 10.3 Å². The summed E-state index contributed by atoms with van der Waals surface area (Å²) in [5.41, 5.74) is 2.17. The van der Waals surface area contributed by atoms with Crippen molar-refractivity contribution in [2.75, 3.05) is 11.9 Å². The van der Waals surface area contributed by atoms with Crippen molar-refractivity contribution in [2.24, 2.45) is 0 Å². The number of fused-ring (bicyclic) bond motifs is 2. The summed E-state index contributed by atoms with van der Waals surface area (Å²) in [5.74, 6) is 0.780. The summed E-state index contributed by atoms with van der Waals surface area (Å²) in [6.07, 6.45) is 4.00. The van der Waals surface area contributed by atoms with Gasteiger partial charge in [0.25, 0.3) is 5.56 Å². The smallest absolute Gasteiger partial charge is 0.258 e. The average Bonchev–Trinajstić information content (AvgIpc) is 2.66. The van der Waals surface area contributed by atoms with Crippen LogP contribution in [0.15, 0.2) is 4.79 Å². The van der Waals surface area contributed by atoms with Gasteiger partial charge in [-0.05, 0) is 25.7 Å². The second kappa shape index (κ2) is 2.83. The van der Waals surface area contributed by atoms with Crippen LogP contribution in [0.1, 0.15) is 24.1 Å². The van der Waals surface area contributed by atoms with Gasteiger partial charge in [0.15, 0.2) is 0 Å². The van der Waals surface area contributed by atoms with Crippen LogP contribution in [0.2, 0.25) is 0 Å². The van der Waals surface area contributed by atoms with E-state index in [9.17, 15) is 4.79 Å². The summed E-state index contributed by atoms with van der Waals surface area (Å²) < 4.78 is 1.79. The highest BCUT2D eigenvalue weighted by molar-refractivity contribution is 5.35. The van der Waals surface area contributed by atoms with Crippen molar-refractivity contribution >= 4 is 5.95 Å². The lowest BCUT2D eigenvalue weighted by atomic mass is 10.2. The molecule has 0 spiro atoms. The first-order valence-corrected chi connectivity index (χ1v) is 5.23. The standard InChI is InChI=1S/C10H13N3O/c14-9-7-3-1-4-8(7)12-10-11-5-2-6-13(9)10/h1-6H2,(H,11,12). The molecule has 0 fully saturated rings. The summed E-state index contributed by atoms with van der Waals surface area (Å²) in [5, 5.41) is 3.18. The average molecular weight is 191 g/mol. The maximum Gasteiger partial charge on any atom is 0.258 e. The van der Waals surface area contributed by atoms with Gasteiger partial charge in [-0.1, -0.05) is 0 Å². The lowest BCUT2D eigenvalue weighted by Crippen LogP contribution is -2.32. The van der Waals surface area contributed by atoms with E-state index in [-0.39, 0.29) is 5.56 Å². The minimum atomic E-state index is 0.190. The van der Waals surface area contributed by atoms with Crippen LogP contribution in [-0.4, -0.2) is 16.1 Å². The zero-order valence-electron chi connectivity index (χ0n) is 8.05. The normalized spacial score (nSPS) is 18.6. The van der Waals surface area contributed by atoms with Gasteiger partial charge in [-0.3, -0.25) is 9.36 Å². The second-order valence-corrected chi connectivity index (χ2v) is 3.95. The Morgan fingerprint density at radius 1 is 1.29 bits per heavy atom. The van der Waals surface area contributed by atoms with Crippen molar-refractivity contribution in [1.82, 2.24) is 9.55 Å². The van der Waals surface area contributed by atoms with Crippen molar-refractivity contribution in [1.29, 1.82) is 0 Å². The highest BCUT2D eigenvalue weighted by atomic mass is 16.1. The Balaban J connectivity index is 2.25. The van der Waals surface area contributed by atoms with Crippen LogP contribution in [0.3, 0.4) is 0 Å². The molecule has 0 radical (unpaired) electrons. The van der Waals surface area contributed by atoms with Crippen molar-refractivity contribution < 1.29 is 0 Å². The maximum absolute atomic E-state index is 12.0. The molecule has 4 heteroatoms. The topological polar surface area (TPSA) is 46.9 Å². The minimum absolute atomic E-state index is 0.190. The van der Waals surface area contributed by atoms with Crippen LogP contribution < -0.4 is 10.9 Å². The predicted octanol–water partition coefficient (Wildman–Crippen LogP) is 0.548. The highest BCUT2D eigenvalue weighted by Gasteiger charge is 2.21. The summed E-state index contributed by atoms with van der Waals surface area (Å²) in [6.45, 7) is 1.76. The fourth-order valence-corrected chi connectivity index (χ4v) is 2.31. The number of aromatic nitrogens is 2. The predicted molar refractivity (Wildman–Crippen MR) is 53.6 cm³/mol. The zero-order chi connectivity index (χ0) is 9.54. The first-order valence-electron chi connectivity index (χ1n) is 5.23. The van der Waals surface area contributed by atoms with E-state index in [1.807, 2.05) is 0 Å². The Hall–Kier alpha value is -1.32. The summed E-state index contributed by atoms with van der Waals surface area (Å²) in [7, 11) is 0. The molecule has 0 bridgehead atoms. The molecule has 1 aromatic heterocycles. The number of nitrogens with zero attached hydrogens (tertiary/aromatic N) is 2. The van der Waals surface area contributed by atoms with Crippen LogP contribution in [0, 0.1) is 0 Å². The third kappa shape index (κ3) is 0.997. The van der Waals surface area contributed by atoms with E-state index in [4.69, 9.17) is 0 Å². The fraction of sp³-hybridized carbons (Fsp3) is 0.600. The molecule has 0 atom stereocenters. The highest BCUT2D eigenvalue weighted by Crippen LogP contribution is 2.19. The van der Waals surface area contributed by atoms with Crippen molar-refractivity contribution in [3.05, 3.63) is 21.6 Å². The van der Waals surface area contributed by atoms with Crippen LogP contribution in [0.25, 0.3) is 0 Å². The lowest BCUT2D eigenvalue weighted by molar-refractivity contribution is 0.590. The van der Waals surface area contributed by atoms with E-state index in [0.29, 0.717) is 0 Å². The van der Waals surface area contributed by atoms with E-state index >= 15 is 0 Å². The number of aryl methyl sites for hydroxylation is 1. The van der Waals surface area contributed by atoms with Gasteiger partial charge in [-0.25, -0.2) is 4.98 Å². The quantitative estimate of drug-likeness (QED) is 0.651. The number of nitrogens with one attached hydrogen (secondary N) is 1. The summed E-state index contributed by atoms with van der Waals surface area (Å²) in [4.78, 5) is 16.5. The van der Waals surface area contributed by atoms with E-state index in [0.717, 1.165) is 56.0 Å². The van der Waals surface area contributed by atoms with Gasteiger partial charge in [0, 0.05) is 18.7 Å². The molecule has 74 valence electrons. The van der Waals surface area contributed by atoms with Gasteiger partial charge < -0.3 is 5.32 Å². The molecule has 3 rings (SSSR count). The molecule has 0 saturated carbocycles. The van der Waals surface area contributed by atoms with Gasteiger partial charge >= 0.3 is 0 Å². The molecular formula is C10H13N3O. The number of hydrogen-bond acceptors (Lipinski definition) is 3. The van der Waals surface area contributed by atoms with Crippen molar-refractivity contribution in [2.45, 2.75) is 32.2 Å². The van der Waals surface area contributed by atoms with Crippen LogP contribution in [-0.2, 0) is 19.4 Å². The molecule has 2 heterocycles. The molecule has 1 aliphatic heterocycles. The molecule has 14 heavy (non-hydrogen) atoms. The van der Waals surface area contributed by atoms with Gasteiger partial charge in [0.1, 0.15) is 0 Å². The maximum atomic E-state index is 12.0. The zero-order valence-corrected chi connectivity index (χ0v) is 8.05. The third-order valence-electron chi connectivity index (χ3n) is 3.03. The Kier molecular flexibility index (Phi) is 1.63. The molecule has 2 aliphatic rings. The Labute approximate surface area is 82.0 Å². The Bertz CT molecular complexity index is 436. The number of hydrogen-bond donors (Lipinski definition) is 1. The molecule has 0 amide bonds. The van der Waals surface area contributed by atoms with Gasteiger partial charge in [0.05, 0.1) is 5.69 Å². The number of anilines is 1. The largest absolute Gasteiger partial charge is 0.355 e. The van der Waals surface area contributed by atoms with Crippen LogP contribution in [0.5, 0.6) is 0 Å². The second-order valence-electron chi connectivity index (χ2n) is 3.95. The van der Waals surface area contributed by atoms with Crippen LogP contribution >= 0.6 is 0 Å².